The van der Waals surface area contributed by atoms with Crippen LogP contribution >= 0.6 is 11.6 Å². The molecule has 0 N–H and O–H groups in total. The van der Waals surface area contributed by atoms with Gasteiger partial charge < -0.3 is 9.47 Å². The van der Waals surface area contributed by atoms with Crippen LogP contribution in [0.1, 0.15) is 24.2 Å². The molecule has 0 aliphatic carbocycles. The Bertz CT molecular complexity index is 357. The second-order valence-corrected chi connectivity index (χ2v) is 3.58. The molecule has 1 heterocycles. The largest absolute Gasteiger partial charge is 0.457 e. The average molecular weight is 244 g/mol. The quantitative estimate of drug-likeness (QED) is 0.588. The molecule has 0 saturated heterocycles. The van der Waals surface area contributed by atoms with Gasteiger partial charge in [-0.1, -0.05) is 11.6 Å². The number of hydrogen-bond donors (Lipinski definition) is 0. The molecule has 1 unspecified atom stereocenters. The number of carbonyl (C=O) groups is 1. The first-order valence-corrected chi connectivity index (χ1v) is 5.42. The maximum absolute atomic E-state index is 11.6. The van der Waals surface area contributed by atoms with Gasteiger partial charge in [0.2, 0.25) is 0 Å². The molecule has 1 aromatic rings. The maximum atomic E-state index is 11.6. The number of carbonyl (C=O) groups excluding carboxylic acids is 1. The average Bonchev–Trinajstić information content (AvgIpc) is 2.26. The van der Waals surface area contributed by atoms with Crippen LogP contribution in [0, 0.1) is 0 Å². The van der Waals surface area contributed by atoms with Crippen LogP contribution in [0.3, 0.4) is 0 Å². The summed E-state index contributed by atoms with van der Waals surface area (Å²) >= 11 is 5.76. The van der Waals surface area contributed by atoms with Gasteiger partial charge in [-0.3, -0.25) is 0 Å². The monoisotopic (exact) mass is 243 g/mol. The number of ether oxygens (including phenoxy) is 2. The molecule has 0 amide bonds. The molecular formula is C11H14ClNO3. The van der Waals surface area contributed by atoms with Crippen LogP contribution in [0.4, 0.5) is 0 Å². The molecule has 0 spiro atoms. The predicted octanol–water partition coefficient (Wildman–Crippen LogP) is 2.32. The standard InChI is InChI=1S/C11H14ClNO3/c1-3-15-7-8(2)16-11(14)9-5-4-6-13-10(9)12/h4-6,8H,3,7H2,1-2H3. The molecule has 1 atom stereocenters. The molecule has 0 bridgehead atoms. The minimum Gasteiger partial charge on any atom is -0.457 e. The predicted molar refractivity (Wildman–Crippen MR) is 60.6 cm³/mol. The van der Waals surface area contributed by atoms with E-state index in [0.29, 0.717) is 13.2 Å². The number of halogens is 1. The van der Waals surface area contributed by atoms with Crippen molar-refractivity contribution in [3.8, 4) is 0 Å². The third-order valence-corrected chi connectivity index (χ3v) is 2.15. The van der Waals surface area contributed by atoms with E-state index in [1.807, 2.05) is 6.92 Å². The normalized spacial score (nSPS) is 12.2. The second kappa shape index (κ2) is 6.45. The minimum atomic E-state index is -0.481. The Kier molecular flexibility index (Phi) is 5.22. The van der Waals surface area contributed by atoms with Gasteiger partial charge in [-0.15, -0.1) is 0 Å². The maximum Gasteiger partial charge on any atom is 0.341 e. The Labute approximate surface area is 99.5 Å². The van der Waals surface area contributed by atoms with Gasteiger partial charge in [0, 0.05) is 12.8 Å². The fraction of sp³-hybridized carbons (Fsp3) is 0.455. The fourth-order valence-corrected chi connectivity index (χ4v) is 1.30. The number of hydrogen-bond acceptors (Lipinski definition) is 4. The van der Waals surface area contributed by atoms with Crippen molar-refractivity contribution in [1.29, 1.82) is 0 Å². The van der Waals surface area contributed by atoms with Gasteiger partial charge in [-0.05, 0) is 26.0 Å². The number of nitrogens with zero attached hydrogens (tertiary/aromatic N) is 1. The summed E-state index contributed by atoms with van der Waals surface area (Å²) in [6.07, 6.45) is 1.21. The van der Waals surface area contributed by atoms with Crippen LogP contribution in [0.15, 0.2) is 18.3 Å². The van der Waals surface area contributed by atoms with Gasteiger partial charge in [-0.2, -0.15) is 0 Å². The lowest BCUT2D eigenvalue weighted by Crippen LogP contribution is -2.20. The van der Waals surface area contributed by atoms with Crippen molar-refractivity contribution in [1.82, 2.24) is 4.98 Å². The molecule has 16 heavy (non-hydrogen) atoms. The zero-order chi connectivity index (χ0) is 12.0. The van der Waals surface area contributed by atoms with E-state index >= 15 is 0 Å². The van der Waals surface area contributed by atoms with Crippen LogP contribution in [0.2, 0.25) is 5.15 Å². The van der Waals surface area contributed by atoms with Gasteiger partial charge >= 0.3 is 5.97 Å². The van der Waals surface area contributed by atoms with Crippen molar-refractivity contribution in [3.05, 3.63) is 29.0 Å². The summed E-state index contributed by atoms with van der Waals surface area (Å²) < 4.78 is 10.3. The van der Waals surface area contributed by atoms with Gasteiger partial charge in [-0.25, -0.2) is 9.78 Å². The molecule has 4 nitrogen and oxygen atoms in total. The Hall–Kier alpha value is -1.13. The highest BCUT2D eigenvalue weighted by atomic mass is 35.5. The lowest BCUT2D eigenvalue weighted by atomic mass is 10.3. The van der Waals surface area contributed by atoms with E-state index in [-0.39, 0.29) is 16.8 Å². The lowest BCUT2D eigenvalue weighted by molar-refractivity contribution is 0.00438. The summed E-state index contributed by atoms with van der Waals surface area (Å²) in [6.45, 7) is 4.61. The van der Waals surface area contributed by atoms with E-state index in [2.05, 4.69) is 4.98 Å². The van der Waals surface area contributed by atoms with E-state index in [4.69, 9.17) is 21.1 Å². The SMILES string of the molecule is CCOCC(C)OC(=O)c1cccnc1Cl. The van der Waals surface area contributed by atoms with Crippen molar-refractivity contribution in [2.45, 2.75) is 20.0 Å². The summed E-state index contributed by atoms with van der Waals surface area (Å²) in [4.78, 5) is 15.4. The van der Waals surface area contributed by atoms with Crippen molar-refractivity contribution in [3.63, 3.8) is 0 Å². The summed E-state index contributed by atoms with van der Waals surface area (Å²) in [5.41, 5.74) is 0.271. The van der Waals surface area contributed by atoms with Gasteiger partial charge in [0.1, 0.15) is 11.3 Å². The number of esters is 1. The Balaban J connectivity index is 2.56. The molecule has 1 rings (SSSR count). The highest BCUT2D eigenvalue weighted by Gasteiger charge is 2.15. The number of aromatic nitrogens is 1. The molecule has 0 radical (unpaired) electrons. The molecule has 5 heteroatoms. The smallest absolute Gasteiger partial charge is 0.341 e. The van der Waals surface area contributed by atoms with Gasteiger partial charge in [0.05, 0.1) is 12.2 Å². The van der Waals surface area contributed by atoms with E-state index < -0.39 is 5.97 Å². The Morgan fingerprint density at radius 1 is 1.62 bits per heavy atom. The first-order chi connectivity index (χ1) is 7.65. The molecule has 0 saturated carbocycles. The topological polar surface area (TPSA) is 48.4 Å². The van der Waals surface area contributed by atoms with E-state index in [1.165, 1.54) is 6.20 Å². The first kappa shape index (κ1) is 12.9. The van der Waals surface area contributed by atoms with E-state index in [0.717, 1.165) is 0 Å². The summed E-state index contributed by atoms with van der Waals surface area (Å²) in [6, 6.07) is 3.21. The highest BCUT2D eigenvalue weighted by Crippen LogP contribution is 2.13. The zero-order valence-electron chi connectivity index (χ0n) is 9.27. The number of pyridine rings is 1. The van der Waals surface area contributed by atoms with Crippen LogP contribution in [0.5, 0.6) is 0 Å². The zero-order valence-corrected chi connectivity index (χ0v) is 10.0. The van der Waals surface area contributed by atoms with Crippen molar-refractivity contribution in [2.24, 2.45) is 0 Å². The highest BCUT2D eigenvalue weighted by molar-refractivity contribution is 6.32. The third kappa shape index (κ3) is 3.79. The molecule has 88 valence electrons. The summed E-state index contributed by atoms with van der Waals surface area (Å²) in [5, 5.41) is 0.149. The molecule has 0 fully saturated rings. The molecular weight excluding hydrogens is 230 g/mol. The Morgan fingerprint density at radius 2 is 2.38 bits per heavy atom. The van der Waals surface area contributed by atoms with Gasteiger partial charge in [0.25, 0.3) is 0 Å². The fourth-order valence-electron chi connectivity index (χ4n) is 1.10. The second-order valence-electron chi connectivity index (χ2n) is 3.22. The summed E-state index contributed by atoms with van der Waals surface area (Å²) in [5.74, 6) is -0.481. The summed E-state index contributed by atoms with van der Waals surface area (Å²) in [7, 11) is 0. The molecule has 0 aliphatic rings. The lowest BCUT2D eigenvalue weighted by Gasteiger charge is -2.13. The Morgan fingerprint density at radius 3 is 3.00 bits per heavy atom. The van der Waals surface area contributed by atoms with Gasteiger partial charge in [0.15, 0.2) is 0 Å². The molecule has 1 aromatic heterocycles. The van der Waals surface area contributed by atoms with E-state index in [9.17, 15) is 4.79 Å². The third-order valence-electron chi connectivity index (χ3n) is 1.84. The van der Waals surface area contributed by atoms with Crippen molar-refractivity contribution < 1.29 is 14.3 Å². The van der Waals surface area contributed by atoms with Crippen molar-refractivity contribution in [2.75, 3.05) is 13.2 Å². The van der Waals surface area contributed by atoms with Crippen LogP contribution in [-0.4, -0.2) is 30.3 Å². The van der Waals surface area contributed by atoms with Crippen LogP contribution in [0.25, 0.3) is 0 Å². The van der Waals surface area contributed by atoms with Crippen LogP contribution in [-0.2, 0) is 9.47 Å². The van der Waals surface area contributed by atoms with Crippen LogP contribution < -0.4 is 0 Å². The van der Waals surface area contributed by atoms with Crippen molar-refractivity contribution >= 4 is 17.6 Å². The first-order valence-electron chi connectivity index (χ1n) is 5.04. The van der Waals surface area contributed by atoms with E-state index in [1.54, 1.807) is 19.1 Å². The molecule has 0 aromatic carbocycles. The minimum absolute atomic E-state index is 0.149. The molecule has 0 aliphatic heterocycles. The number of rotatable bonds is 5.